The SMILES string of the molecule is CCN(CC)C(=O)c1cncc(N(CC)CC)c1. The molecule has 0 aliphatic carbocycles. The molecule has 1 amide bonds. The number of nitrogens with zero attached hydrogens (tertiary/aromatic N) is 3. The highest BCUT2D eigenvalue weighted by molar-refractivity contribution is 5.94. The fourth-order valence-corrected chi connectivity index (χ4v) is 2.00. The van der Waals surface area contributed by atoms with E-state index in [1.54, 1.807) is 6.20 Å². The van der Waals surface area contributed by atoms with Gasteiger partial charge < -0.3 is 9.80 Å². The molecule has 0 saturated carbocycles. The van der Waals surface area contributed by atoms with Crippen molar-refractivity contribution in [2.75, 3.05) is 31.1 Å². The summed E-state index contributed by atoms with van der Waals surface area (Å²) in [7, 11) is 0. The lowest BCUT2D eigenvalue weighted by molar-refractivity contribution is 0.0772. The normalized spacial score (nSPS) is 10.2. The van der Waals surface area contributed by atoms with E-state index in [4.69, 9.17) is 0 Å². The molecule has 1 aromatic rings. The predicted octanol–water partition coefficient (Wildman–Crippen LogP) is 2.41. The molecule has 0 atom stereocenters. The Labute approximate surface area is 110 Å². The summed E-state index contributed by atoms with van der Waals surface area (Å²) >= 11 is 0. The average Bonchev–Trinajstić information content (AvgIpc) is 2.42. The zero-order valence-corrected chi connectivity index (χ0v) is 11.8. The third-order valence-electron chi connectivity index (χ3n) is 3.15. The first-order chi connectivity index (χ1) is 8.67. The number of hydrogen-bond acceptors (Lipinski definition) is 3. The highest BCUT2D eigenvalue weighted by atomic mass is 16.2. The van der Waals surface area contributed by atoms with Crippen molar-refractivity contribution in [3.63, 3.8) is 0 Å². The predicted molar refractivity (Wildman–Crippen MR) is 75.0 cm³/mol. The largest absolute Gasteiger partial charge is 0.371 e. The van der Waals surface area contributed by atoms with Crippen molar-refractivity contribution in [3.05, 3.63) is 24.0 Å². The summed E-state index contributed by atoms with van der Waals surface area (Å²) < 4.78 is 0. The van der Waals surface area contributed by atoms with Gasteiger partial charge in [-0.15, -0.1) is 0 Å². The minimum Gasteiger partial charge on any atom is -0.371 e. The maximum absolute atomic E-state index is 12.2. The van der Waals surface area contributed by atoms with E-state index < -0.39 is 0 Å². The maximum Gasteiger partial charge on any atom is 0.255 e. The van der Waals surface area contributed by atoms with E-state index >= 15 is 0 Å². The van der Waals surface area contributed by atoms with E-state index in [-0.39, 0.29) is 5.91 Å². The topological polar surface area (TPSA) is 36.4 Å². The Morgan fingerprint density at radius 1 is 1.06 bits per heavy atom. The van der Waals surface area contributed by atoms with E-state index in [1.165, 1.54) is 0 Å². The van der Waals surface area contributed by atoms with Crippen LogP contribution in [0.5, 0.6) is 0 Å². The summed E-state index contributed by atoms with van der Waals surface area (Å²) in [4.78, 5) is 20.4. The van der Waals surface area contributed by atoms with E-state index in [9.17, 15) is 4.79 Å². The molecule has 18 heavy (non-hydrogen) atoms. The van der Waals surface area contributed by atoms with Crippen molar-refractivity contribution >= 4 is 11.6 Å². The zero-order chi connectivity index (χ0) is 13.5. The summed E-state index contributed by atoms with van der Waals surface area (Å²) in [6.07, 6.45) is 3.46. The first kappa shape index (κ1) is 14.5. The first-order valence-corrected chi connectivity index (χ1v) is 6.67. The quantitative estimate of drug-likeness (QED) is 0.777. The molecule has 0 N–H and O–H groups in total. The van der Waals surface area contributed by atoms with Crippen LogP contribution >= 0.6 is 0 Å². The van der Waals surface area contributed by atoms with Crippen molar-refractivity contribution in [1.82, 2.24) is 9.88 Å². The molecule has 0 aliphatic rings. The van der Waals surface area contributed by atoms with E-state index in [0.29, 0.717) is 5.56 Å². The molecule has 0 fully saturated rings. The zero-order valence-electron chi connectivity index (χ0n) is 11.8. The van der Waals surface area contributed by atoms with Crippen molar-refractivity contribution < 1.29 is 4.79 Å². The second kappa shape index (κ2) is 6.99. The van der Waals surface area contributed by atoms with Crippen LogP contribution in [0.15, 0.2) is 18.5 Å². The second-order valence-electron chi connectivity index (χ2n) is 4.08. The maximum atomic E-state index is 12.2. The number of anilines is 1. The van der Waals surface area contributed by atoms with Gasteiger partial charge in [0.1, 0.15) is 0 Å². The Morgan fingerprint density at radius 3 is 2.17 bits per heavy atom. The lowest BCUT2D eigenvalue weighted by atomic mass is 10.2. The lowest BCUT2D eigenvalue weighted by Crippen LogP contribution is -2.31. The van der Waals surface area contributed by atoms with Gasteiger partial charge in [0.05, 0.1) is 17.4 Å². The van der Waals surface area contributed by atoms with Gasteiger partial charge in [0.25, 0.3) is 5.91 Å². The number of aromatic nitrogens is 1. The van der Waals surface area contributed by atoms with Crippen molar-refractivity contribution in [2.45, 2.75) is 27.7 Å². The molecule has 4 heteroatoms. The smallest absolute Gasteiger partial charge is 0.255 e. The number of carbonyl (C=O) groups excluding carboxylic acids is 1. The monoisotopic (exact) mass is 249 g/mol. The molecule has 0 saturated heterocycles. The number of amides is 1. The molecular formula is C14H23N3O. The van der Waals surface area contributed by atoms with Gasteiger partial charge in [0.2, 0.25) is 0 Å². The highest BCUT2D eigenvalue weighted by Gasteiger charge is 2.14. The van der Waals surface area contributed by atoms with Crippen LogP contribution in [0.1, 0.15) is 38.1 Å². The lowest BCUT2D eigenvalue weighted by Gasteiger charge is -2.22. The number of pyridine rings is 1. The van der Waals surface area contributed by atoms with E-state index in [0.717, 1.165) is 31.9 Å². The van der Waals surface area contributed by atoms with E-state index in [2.05, 4.69) is 23.7 Å². The average molecular weight is 249 g/mol. The summed E-state index contributed by atoms with van der Waals surface area (Å²) in [5.41, 5.74) is 1.68. The fraction of sp³-hybridized carbons (Fsp3) is 0.571. The van der Waals surface area contributed by atoms with Crippen LogP contribution in [0.4, 0.5) is 5.69 Å². The number of carbonyl (C=O) groups is 1. The Morgan fingerprint density at radius 2 is 1.67 bits per heavy atom. The van der Waals surface area contributed by atoms with Gasteiger partial charge in [-0.2, -0.15) is 0 Å². The van der Waals surface area contributed by atoms with Crippen LogP contribution in [0.2, 0.25) is 0 Å². The molecule has 0 aromatic carbocycles. The molecule has 1 aromatic heterocycles. The molecule has 0 aliphatic heterocycles. The molecule has 4 nitrogen and oxygen atoms in total. The molecule has 1 heterocycles. The van der Waals surface area contributed by atoms with Crippen LogP contribution in [-0.4, -0.2) is 42.0 Å². The van der Waals surface area contributed by atoms with Gasteiger partial charge in [0, 0.05) is 32.4 Å². The minimum atomic E-state index is 0.0570. The molecule has 0 radical (unpaired) electrons. The summed E-state index contributed by atoms with van der Waals surface area (Å²) in [6, 6.07) is 1.93. The third-order valence-corrected chi connectivity index (χ3v) is 3.15. The Balaban J connectivity index is 2.97. The Bertz CT molecular complexity index is 384. The second-order valence-corrected chi connectivity index (χ2v) is 4.08. The number of rotatable bonds is 6. The summed E-state index contributed by atoms with van der Waals surface area (Å²) in [5.74, 6) is 0.0570. The van der Waals surface area contributed by atoms with Gasteiger partial charge in [-0.1, -0.05) is 0 Å². The first-order valence-electron chi connectivity index (χ1n) is 6.67. The van der Waals surface area contributed by atoms with Crippen LogP contribution in [0, 0.1) is 0 Å². The molecule has 0 bridgehead atoms. The molecule has 100 valence electrons. The van der Waals surface area contributed by atoms with Gasteiger partial charge >= 0.3 is 0 Å². The van der Waals surface area contributed by atoms with Crippen LogP contribution in [0.3, 0.4) is 0 Å². The Kier molecular flexibility index (Phi) is 5.62. The number of hydrogen-bond donors (Lipinski definition) is 0. The minimum absolute atomic E-state index is 0.0570. The summed E-state index contributed by atoms with van der Waals surface area (Å²) in [6.45, 7) is 11.5. The third kappa shape index (κ3) is 3.22. The molecule has 0 unspecified atom stereocenters. The standard InChI is InChI=1S/C14H23N3O/c1-5-16(6-2)13-9-12(10-15-11-13)14(18)17(7-3)8-4/h9-11H,5-8H2,1-4H3. The molecule has 1 rings (SSSR count). The van der Waals surface area contributed by atoms with E-state index in [1.807, 2.05) is 31.0 Å². The molecular weight excluding hydrogens is 226 g/mol. The van der Waals surface area contributed by atoms with Crippen LogP contribution in [0.25, 0.3) is 0 Å². The summed E-state index contributed by atoms with van der Waals surface area (Å²) in [5, 5.41) is 0. The van der Waals surface area contributed by atoms with Crippen molar-refractivity contribution in [1.29, 1.82) is 0 Å². The van der Waals surface area contributed by atoms with Crippen molar-refractivity contribution in [2.24, 2.45) is 0 Å². The molecule has 0 spiro atoms. The highest BCUT2D eigenvalue weighted by Crippen LogP contribution is 2.15. The van der Waals surface area contributed by atoms with Gasteiger partial charge in [-0.25, -0.2) is 0 Å². The van der Waals surface area contributed by atoms with Gasteiger partial charge in [0.15, 0.2) is 0 Å². The van der Waals surface area contributed by atoms with Crippen LogP contribution in [-0.2, 0) is 0 Å². The van der Waals surface area contributed by atoms with Gasteiger partial charge in [-0.05, 0) is 33.8 Å². The van der Waals surface area contributed by atoms with Crippen molar-refractivity contribution in [3.8, 4) is 0 Å². The van der Waals surface area contributed by atoms with Gasteiger partial charge in [-0.3, -0.25) is 9.78 Å². The fourth-order valence-electron chi connectivity index (χ4n) is 2.00. The Hall–Kier alpha value is -1.58. The van der Waals surface area contributed by atoms with Crippen LogP contribution < -0.4 is 4.90 Å².